The molecular formula is C17H21NO2. The first-order chi connectivity index (χ1) is 9.63. The first kappa shape index (κ1) is 13.2. The van der Waals surface area contributed by atoms with Crippen molar-refractivity contribution < 1.29 is 9.21 Å². The number of benzene rings is 1. The first-order valence-corrected chi connectivity index (χ1v) is 7.44. The summed E-state index contributed by atoms with van der Waals surface area (Å²) in [4.78, 5) is 12.3. The third-order valence-electron chi connectivity index (χ3n) is 4.33. The molecule has 1 N–H and O–H groups in total. The van der Waals surface area contributed by atoms with E-state index in [1.807, 2.05) is 31.2 Å². The van der Waals surface area contributed by atoms with E-state index in [0.717, 1.165) is 23.0 Å². The van der Waals surface area contributed by atoms with Crippen molar-refractivity contribution in [2.45, 2.75) is 45.6 Å². The summed E-state index contributed by atoms with van der Waals surface area (Å²) >= 11 is 0. The van der Waals surface area contributed by atoms with Gasteiger partial charge < -0.3 is 9.73 Å². The maximum Gasteiger partial charge on any atom is 0.287 e. The molecule has 1 amide bonds. The van der Waals surface area contributed by atoms with Gasteiger partial charge >= 0.3 is 0 Å². The zero-order valence-corrected chi connectivity index (χ0v) is 12.1. The van der Waals surface area contributed by atoms with E-state index in [-0.39, 0.29) is 11.9 Å². The van der Waals surface area contributed by atoms with Gasteiger partial charge in [0, 0.05) is 11.4 Å². The van der Waals surface area contributed by atoms with Crippen molar-refractivity contribution in [2.24, 2.45) is 5.92 Å². The van der Waals surface area contributed by atoms with Crippen LogP contribution in [0.1, 0.15) is 48.7 Å². The minimum atomic E-state index is -0.0856. The summed E-state index contributed by atoms with van der Waals surface area (Å²) < 4.78 is 5.68. The normalized spacial score (nSPS) is 22.9. The van der Waals surface area contributed by atoms with Gasteiger partial charge in [-0.2, -0.15) is 0 Å². The summed E-state index contributed by atoms with van der Waals surface area (Å²) in [5.41, 5.74) is 1.92. The molecule has 1 aromatic heterocycles. The molecule has 1 saturated carbocycles. The number of nitrogens with one attached hydrogen (secondary N) is 1. The molecular weight excluding hydrogens is 250 g/mol. The van der Waals surface area contributed by atoms with Crippen LogP contribution in [0.3, 0.4) is 0 Å². The van der Waals surface area contributed by atoms with Gasteiger partial charge in [0.1, 0.15) is 5.58 Å². The van der Waals surface area contributed by atoms with E-state index in [0.29, 0.717) is 11.7 Å². The summed E-state index contributed by atoms with van der Waals surface area (Å²) in [6, 6.07) is 8.11. The van der Waals surface area contributed by atoms with Gasteiger partial charge in [-0.25, -0.2) is 0 Å². The number of aryl methyl sites for hydroxylation is 1. The molecule has 0 bridgehead atoms. The van der Waals surface area contributed by atoms with Gasteiger partial charge in [-0.3, -0.25) is 4.79 Å². The van der Waals surface area contributed by atoms with Gasteiger partial charge in [0.25, 0.3) is 5.91 Å². The van der Waals surface area contributed by atoms with Gasteiger partial charge in [0.2, 0.25) is 0 Å². The van der Waals surface area contributed by atoms with Crippen molar-refractivity contribution in [3.63, 3.8) is 0 Å². The molecule has 2 unspecified atom stereocenters. The molecule has 3 nitrogen and oxygen atoms in total. The maximum absolute atomic E-state index is 12.3. The molecule has 3 heteroatoms. The van der Waals surface area contributed by atoms with E-state index in [4.69, 9.17) is 4.42 Å². The second kappa shape index (κ2) is 5.31. The molecule has 20 heavy (non-hydrogen) atoms. The molecule has 1 aliphatic rings. The zero-order chi connectivity index (χ0) is 14.1. The van der Waals surface area contributed by atoms with E-state index >= 15 is 0 Å². The molecule has 0 radical (unpaired) electrons. The predicted molar refractivity (Wildman–Crippen MR) is 79.8 cm³/mol. The van der Waals surface area contributed by atoms with E-state index < -0.39 is 0 Å². The average Bonchev–Trinajstić information content (AvgIpc) is 2.84. The fourth-order valence-electron chi connectivity index (χ4n) is 3.02. The molecule has 1 aliphatic carbocycles. The molecule has 1 fully saturated rings. The molecule has 0 saturated heterocycles. The fraction of sp³-hybridized carbons (Fsp3) is 0.471. The lowest BCUT2D eigenvalue weighted by molar-refractivity contribution is 0.0884. The largest absolute Gasteiger partial charge is 0.451 e. The van der Waals surface area contributed by atoms with Crippen molar-refractivity contribution in [3.05, 3.63) is 35.6 Å². The summed E-state index contributed by atoms with van der Waals surface area (Å²) in [5, 5.41) is 4.11. The van der Waals surface area contributed by atoms with Gasteiger partial charge in [-0.1, -0.05) is 31.9 Å². The Morgan fingerprint density at radius 2 is 2.05 bits per heavy atom. The molecule has 1 heterocycles. The van der Waals surface area contributed by atoms with Crippen LogP contribution in [-0.4, -0.2) is 11.9 Å². The van der Waals surface area contributed by atoms with Crippen LogP contribution in [0.4, 0.5) is 0 Å². The zero-order valence-electron chi connectivity index (χ0n) is 12.1. The molecule has 2 aromatic rings. The molecule has 0 spiro atoms. The summed E-state index contributed by atoms with van der Waals surface area (Å²) in [5.74, 6) is 0.889. The van der Waals surface area contributed by atoms with Crippen LogP contribution in [0.2, 0.25) is 0 Å². The number of rotatable bonds is 2. The number of carbonyl (C=O) groups excluding carboxylic acids is 1. The summed E-state index contributed by atoms with van der Waals surface area (Å²) in [6.45, 7) is 4.23. The second-order valence-corrected chi connectivity index (χ2v) is 5.99. The van der Waals surface area contributed by atoms with E-state index in [1.54, 1.807) is 0 Å². The van der Waals surface area contributed by atoms with Crippen LogP contribution in [-0.2, 0) is 0 Å². The number of amides is 1. The Morgan fingerprint density at radius 1 is 1.25 bits per heavy atom. The van der Waals surface area contributed by atoms with Crippen LogP contribution >= 0.6 is 0 Å². The third kappa shape index (κ3) is 2.58. The van der Waals surface area contributed by atoms with Crippen molar-refractivity contribution >= 4 is 16.9 Å². The monoisotopic (exact) mass is 271 g/mol. The SMILES string of the molecule is Cc1ccc2cc(C(=O)NC3CCCCC3C)oc2c1. The highest BCUT2D eigenvalue weighted by atomic mass is 16.3. The Kier molecular flexibility index (Phi) is 3.51. The standard InChI is InChI=1S/C17H21NO2/c1-11-7-8-13-10-16(20-15(13)9-11)17(19)18-14-6-4-3-5-12(14)2/h7-10,12,14H,3-6H2,1-2H3,(H,18,19). The maximum atomic E-state index is 12.3. The number of hydrogen-bond acceptors (Lipinski definition) is 2. The first-order valence-electron chi connectivity index (χ1n) is 7.44. The second-order valence-electron chi connectivity index (χ2n) is 5.99. The van der Waals surface area contributed by atoms with Crippen LogP contribution < -0.4 is 5.32 Å². The predicted octanol–water partition coefficient (Wildman–Crippen LogP) is 4.05. The highest BCUT2D eigenvalue weighted by Gasteiger charge is 2.24. The lowest BCUT2D eigenvalue weighted by Gasteiger charge is -2.29. The van der Waals surface area contributed by atoms with E-state index in [2.05, 4.69) is 12.2 Å². The lowest BCUT2D eigenvalue weighted by atomic mass is 9.86. The molecule has 0 aliphatic heterocycles. The molecule has 3 rings (SSSR count). The fourth-order valence-corrected chi connectivity index (χ4v) is 3.02. The topological polar surface area (TPSA) is 42.2 Å². The Bertz CT molecular complexity index is 629. The van der Waals surface area contributed by atoms with Crippen LogP contribution in [0.15, 0.2) is 28.7 Å². The molecule has 1 aromatic carbocycles. The smallest absolute Gasteiger partial charge is 0.287 e. The van der Waals surface area contributed by atoms with Gasteiger partial charge in [-0.15, -0.1) is 0 Å². The van der Waals surface area contributed by atoms with Crippen LogP contribution in [0.25, 0.3) is 11.0 Å². The van der Waals surface area contributed by atoms with Crippen molar-refractivity contribution in [2.75, 3.05) is 0 Å². The summed E-state index contributed by atoms with van der Waals surface area (Å²) in [6.07, 6.45) is 4.75. The molecule has 106 valence electrons. The lowest BCUT2D eigenvalue weighted by Crippen LogP contribution is -2.40. The minimum Gasteiger partial charge on any atom is -0.451 e. The Morgan fingerprint density at radius 3 is 2.85 bits per heavy atom. The Hall–Kier alpha value is -1.77. The minimum absolute atomic E-state index is 0.0856. The number of carbonyl (C=O) groups is 1. The van der Waals surface area contributed by atoms with Crippen LogP contribution in [0.5, 0.6) is 0 Å². The van der Waals surface area contributed by atoms with Gasteiger partial charge in [0.05, 0.1) is 0 Å². The average molecular weight is 271 g/mol. The van der Waals surface area contributed by atoms with Gasteiger partial charge in [0.15, 0.2) is 5.76 Å². The van der Waals surface area contributed by atoms with Gasteiger partial charge in [-0.05, 0) is 43.4 Å². The Balaban J connectivity index is 1.78. The van der Waals surface area contributed by atoms with Crippen molar-refractivity contribution in [1.29, 1.82) is 0 Å². The number of hydrogen-bond donors (Lipinski definition) is 1. The highest BCUT2D eigenvalue weighted by molar-refractivity contribution is 5.96. The Labute approximate surface area is 119 Å². The summed E-state index contributed by atoms with van der Waals surface area (Å²) in [7, 11) is 0. The highest BCUT2D eigenvalue weighted by Crippen LogP contribution is 2.25. The van der Waals surface area contributed by atoms with Crippen LogP contribution in [0, 0.1) is 12.8 Å². The molecule has 2 atom stereocenters. The number of furan rings is 1. The number of fused-ring (bicyclic) bond motifs is 1. The van der Waals surface area contributed by atoms with Crippen molar-refractivity contribution in [3.8, 4) is 0 Å². The third-order valence-corrected chi connectivity index (χ3v) is 4.33. The van der Waals surface area contributed by atoms with E-state index in [9.17, 15) is 4.79 Å². The van der Waals surface area contributed by atoms with Crippen molar-refractivity contribution in [1.82, 2.24) is 5.32 Å². The van der Waals surface area contributed by atoms with E-state index in [1.165, 1.54) is 19.3 Å². The quantitative estimate of drug-likeness (QED) is 0.895.